The number of aromatic nitrogens is 2. The van der Waals surface area contributed by atoms with E-state index in [0.29, 0.717) is 10.7 Å². The van der Waals surface area contributed by atoms with E-state index in [2.05, 4.69) is 15.3 Å². The highest BCUT2D eigenvalue weighted by Gasteiger charge is 2.17. The molecule has 0 aliphatic carbocycles. The Labute approximate surface area is 142 Å². The van der Waals surface area contributed by atoms with Gasteiger partial charge in [0.2, 0.25) is 0 Å². The second-order valence-electron chi connectivity index (χ2n) is 4.85. The number of nitrogens with one attached hydrogen (secondary N) is 1. The third-order valence-electron chi connectivity index (χ3n) is 3.09. The Kier molecular flexibility index (Phi) is 4.62. The van der Waals surface area contributed by atoms with E-state index in [4.69, 9.17) is 4.74 Å². The summed E-state index contributed by atoms with van der Waals surface area (Å²) in [7, 11) is 0. The zero-order valence-electron chi connectivity index (χ0n) is 12.7. The molecule has 2 heterocycles. The van der Waals surface area contributed by atoms with E-state index < -0.39 is 5.97 Å². The summed E-state index contributed by atoms with van der Waals surface area (Å²) in [5.74, 6) is -0.754. The van der Waals surface area contributed by atoms with Gasteiger partial charge in [-0.1, -0.05) is 12.1 Å². The first-order chi connectivity index (χ1) is 11.6. The molecule has 0 spiro atoms. The predicted octanol–water partition coefficient (Wildman–Crippen LogP) is 3.32. The van der Waals surface area contributed by atoms with Crippen LogP contribution in [0.4, 0.5) is 5.13 Å². The Morgan fingerprint density at radius 3 is 2.58 bits per heavy atom. The van der Waals surface area contributed by atoms with E-state index >= 15 is 0 Å². The standard InChI is InChI=1S/C17H13N3O3S/c1-11-10-19-17(24-11)20-15(21)13-4-2-3-5-14(13)23-16(22)12-6-8-18-9-7-12/h2-10H,1H3,(H,19,20,21). The molecular weight excluding hydrogens is 326 g/mol. The second kappa shape index (κ2) is 7.01. The van der Waals surface area contributed by atoms with Crippen LogP contribution in [0.3, 0.4) is 0 Å². The molecule has 2 aromatic heterocycles. The molecule has 1 N–H and O–H groups in total. The lowest BCUT2D eigenvalue weighted by molar-refractivity contribution is 0.0733. The number of esters is 1. The van der Waals surface area contributed by atoms with Crippen LogP contribution in [0.2, 0.25) is 0 Å². The smallest absolute Gasteiger partial charge is 0.343 e. The Morgan fingerprint density at radius 2 is 1.88 bits per heavy atom. The largest absolute Gasteiger partial charge is 0.422 e. The number of pyridine rings is 1. The lowest BCUT2D eigenvalue weighted by Crippen LogP contribution is -2.16. The van der Waals surface area contributed by atoms with Crippen molar-refractivity contribution >= 4 is 28.3 Å². The van der Waals surface area contributed by atoms with Crippen LogP contribution in [-0.2, 0) is 0 Å². The van der Waals surface area contributed by atoms with Crippen molar-refractivity contribution in [3.8, 4) is 5.75 Å². The van der Waals surface area contributed by atoms with E-state index in [1.165, 1.54) is 23.7 Å². The molecule has 0 aliphatic heterocycles. The number of anilines is 1. The number of carbonyl (C=O) groups is 2. The van der Waals surface area contributed by atoms with Crippen LogP contribution < -0.4 is 10.1 Å². The van der Waals surface area contributed by atoms with Gasteiger partial charge in [-0.25, -0.2) is 9.78 Å². The zero-order chi connectivity index (χ0) is 16.9. The number of hydrogen-bond donors (Lipinski definition) is 1. The molecule has 1 amide bonds. The van der Waals surface area contributed by atoms with Gasteiger partial charge in [0.15, 0.2) is 5.13 Å². The van der Waals surface area contributed by atoms with Crippen molar-refractivity contribution in [1.29, 1.82) is 0 Å². The van der Waals surface area contributed by atoms with Gasteiger partial charge in [-0.05, 0) is 31.2 Å². The monoisotopic (exact) mass is 339 g/mol. The molecule has 0 saturated heterocycles. The van der Waals surface area contributed by atoms with Crippen LogP contribution in [0, 0.1) is 6.92 Å². The van der Waals surface area contributed by atoms with E-state index in [9.17, 15) is 9.59 Å². The number of nitrogens with zero attached hydrogens (tertiary/aromatic N) is 2. The number of aryl methyl sites for hydroxylation is 1. The maximum atomic E-state index is 12.4. The van der Waals surface area contributed by atoms with Crippen LogP contribution in [0.1, 0.15) is 25.6 Å². The van der Waals surface area contributed by atoms with Gasteiger partial charge in [-0.15, -0.1) is 11.3 Å². The molecule has 120 valence electrons. The molecule has 1 aromatic carbocycles. The highest BCUT2D eigenvalue weighted by atomic mass is 32.1. The fourth-order valence-corrected chi connectivity index (χ4v) is 2.63. The molecule has 0 unspecified atom stereocenters. The van der Waals surface area contributed by atoms with Gasteiger partial charge in [0.25, 0.3) is 5.91 Å². The number of para-hydroxylation sites is 1. The van der Waals surface area contributed by atoms with E-state index in [1.807, 2.05) is 6.92 Å². The van der Waals surface area contributed by atoms with Crippen molar-refractivity contribution < 1.29 is 14.3 Å². The molecule has 3 aromatic rings. The van der Waals surface area contributed by atoms with Gasteiger partial charge in [-0.2, -0.15) is 0 Å². The van der Waals surface area contributed by atoms with Crippen molar-refractivity contribution in [2.45, 2.75) is 6.92 Å². The summed E-state index contributed by atoms with van der Waals surface area (Å²) in [6, 6.07) is 9.64. The first-order valence-electron chi connectivity index (χ1n) is 7.08. The molecule has 7 heteroatoms. The minimum atomic E-state index is -0.553. The summed E-state index contributed by atoms with van der Waals surface area (Å²) in [5.41, 5.74) is 0.614. The number of rotatable bonds is 4. The molecule has 24 heavy (non-hydrogen) atoms. The molecule has 0 fully saturated rings. The topological polar surface area (TPSA) is 81.2 Å². The fraction of sp³-hybridized carbons (Fsp3) is 0.0588. The number of thiazole rings is 1. The first kappa shape index (κ1) is 15.8. The average molecular weight is 339 g/mol. The maximum Gasteiger partial charge on any atom is 0.343 e. The number of amides is 1. The summed E-state index contributed by atoms with van der Waals surface area (Å²) < 4.78 is 5.35. The lowest BCUT2D eigenvalue weighted by atomic mass is 10.2. The van der Waals surface area contributed by atoms with Crippen LogP contribution in [0.5, 0.6) is 5.75 Å². The van der Waals surface area contributed by atoms with E-state index in [0.717, 1.165) is 4.88 Å². The van der Waals surface area contributed by atoms with Gasteiger partial charge in [-0.3, -0.25) is 15.1 Å². The summed E-state index contributed by atoms with van der Waals surface area (Å²) in [5, 5.41) is 3.19. The number of benzene rings is 1. The summed E-state index contributed by atoms with van der Waals surface area (Å²) in [4.78, 5) is 33.5. The fourth-order valence-electron chi connectivity index (χ4n) is 1.97. The van der Waals surface area contributed by atoms with E-state index in [1.54, 1.807) is 42.6 Å². The van der Waals surface area contributed by atoms with Crippen LogP contribution in [0.25, 0.3) is 0 Å². The second-order valence-corrected chi connectivity index (χ2v) is 6.09. The minimum Gasteiger partial charge on any atom is -0.422 e. The molecular formula is C17H13N3O3S. The predicted molar refractivity (Wildman–Crippen MR) is 90.4 cm³/mol. The van der Waals surface area contributed by atoms with Crippen molar-refractivity contribution in [3.63, 3.8) is 0 Å². The van der Waals surface area contributed by atoms with Gasteiger partial charge in [0, 0.05) is 23.5 Å². The average Bonchev–Trinajstić information content (AvgIpc) is 3.01. The molecule has 3 rings (SSSR count). The molecule has 0 atom stereocenters. The normalized spacial score (nSPS) is 10.2. The summed E-state index contributed by atoms with van der Waals surface area (Å²) >= 11 is 1.37. The molecule has 0 radical (unpaired) electrons. The van der Waals surface area contributed by atoms with Crippen molar-refractivity contribution in [1.82, 2.24) is 9.97 Å². The minimum absolute atomic E-state index is 0.185. The third kappa shape index (κ3) is 3.64. The van der Waals surface area contributed by atoms with E-state index in [-0.39, 0.29) is 17.2 Å². The number of carbonyl (C=O) groups excluding carboxylic acids is 2. The van der Waals surface area contributed by atoms with Crippen LogP contribution in [0.15, 0.2) is 55.0 Å². The number of hydrogen-bond acceptors (Lipinski definition) is 6. The van der Waals surface area contributed by atoms with Crippen LogP contribution in [-0.4, -0.2) is 21.8 Å². The molecule has 6 nitrogen and oxygen atoms in total. The first-order valence-corrected chi connectivity index (χ1v) is 7.90. The van der Waals surface area contributed by atoms with Gasteiger partial charge in [0.1, 0.15) is 5.75 Å². The van der Waals surface area contributed by atoms with Crippen molar-refractivity contribution in [2.24, 2.45) is 0 Å². The highest BCUT2D eigenvalue weighted by Crippen LogP contribution is 2.22. The third-order valence-corrected chi connectivity index (χ3v) is 3.92. The van der Waals surface area contributed by atoms with Gasteiger partial charge >= 0.3 is 5.97 Å². The Bertz CT molecular complexity index is 878. The van der Waals surface area contributed by atoms with Gasteiger partial charge in [0.05, 0.1) is 11.1 Å². The van der Waals surface area contributed by atoms with Gasteiger partial charge < -0.3 is 4.74 Å². The molecule has 0 saturated carbocycles. The lowest BCUT2D eigenvalue weighted by Gasteiger charge is -2.09. The zero-order valence-corrected chi connectivity index (χ0v) is 13.5. The maximum absolute atomic E-state index is 12.4. The molecule has 0 bridgehead atoms. The van der Waals surface area contributed by atoms with Crippen LogP contribution >= 0.6 is 11.3 Å². The Balaban J connectivity index is 1.80. The summed E-state index contributed by atoms with van der Waals surface area (Å²) in [6.07, 6.45) is 4.68. The Hall–Kier alpha value is -3.06. The van der Waals surface area contributed by atoms with Crippen molar-refractivity contribution in [3.05, 3.63) is 71.0 Å². The Morgan fingerprint density at radius 1 is 1.12 bits per heavy atom. The highest BCUT2D eigenvalue weighted by molar-refractivity contribution is 7.15. The summed E-state index contributed by atoms with van der Waals surface area (Å²) in [6.45, 7) is 1.90. The quantitative estimate of drug-likeness (QED) is 0.582. The molecule has 0 aliphatic rings. The van der Waals surface area contributed by atoms with Crippen molar-refractivity contribution in [2.75, 3.05) is 5.32 Å². The SMILES string of the molecule is Cc1cnc(NC(=O)c2ccccc2OC(=O)c2ccncc2)s1. The number of ether oxygens (including phenoxy) is 1.